The van der Waals surface area contributed by atoms with Gasteiger partial charge in [-0.25, -0.2) is 13.2 Å². The summed E-state index contributed by atoms with van der Waals surface area (Å²) in [6.45, 7) is 0.639. The van der Waals surface area contributed by atoms with Crippen LogP contribution in [0.2, 0.25) is 0 Å². The Kier molecular flexibility index (Phi) is 3.43. The monoisotopic (exact) mass is 267 g/mol. The van der Waals surface area contributed by atoms with Crippen LogP contribution in [0.1, 0.15) is 12.8 Å². The van der Waals surface area contributed by atoms with E-state index in [1.54, 1.807) is 11.9 Å². The largest absolute Gasteiger partial charge is 0.469 e. The summed E-state index contributed by atoms with van der Waals surface area (Å²) in [5.74, 6) is -11.3. The van der Waals surface area contributed by atoms with Gasteiger partial charge in [-0.2, -0.15) is 8.78 Å². The Hall–Kier alpha value is -1.37. The maximum absolute atomic E-state index is 13.3. The molecule has 2 nitrogen and oxygen atoms in total. The molecule has 0 radical (unpaired) electrons. The molecule has 0 saturated carbocycles. The second-order valence-corrected chi connectivity index (χ2v) is 4.09. The zero-order valence-corrected chi connectivity index (χ0v) is 9.44. The maximum atomic E-state index is 13.3. The van der Waals surface area contributed by atoms with E-state index in [1.807, 2.05) is 0 Å². The molecule has 1 fully saturated rings. The summed E-state index contributed by atoms with van der Waals surface area (Å²) in [5, 5.41) is 0. The van der Waals surface area contributed by atoms with Crippen molar-refractivity contribution in [2.75, 3.05) is 13.6 Å². The Morgan fingerprint density at radius 3 is 1.89 bits per heavy atom. The second kappa shape index (κ2) is 4.72. The van der Waals surface area contributed by atoms with Crippen molar-refractivity contribution in [2.24, 2.45) is 0 Å². The normalized spacial score (nSPS) is 20.4. The number of hydrogen-bond acceptors (Lipinski definition) is 2. The minimum atomic E-state index is -2.18. The summed E-state index contributed by atoms with van der Waals surface area (Å²) >= 11 is 0. The molecule has 1 atom stereocenters. The van der Waals surface area contributed by atoms with Gasteiger partial charge in [0.05, 0.1) is 0 Å². The zero-order valence-electron chi connectivity index (χ0n) is 9.44. The van der Waals surface area contributed by atoms with Gasteiger partial charge in [-0.15, -0.1) is 0 Å². The molecule has 0 aliphatic carbocycles. The van der Waals surface area contributed by atoms with E-state index < -0.39 is 41.1 Å². The number of nitrogens with zero attached hydrogens (tertiary/aromatic N) is 1. The standard InChI is InChI=1S/C11H10F5NO/c1-17-4-2-3-5(17)18-11-9(15)7(13)6(12)8(14)10(11)16/h5H,2-4H2,1H3. The molecular weight excluding hydrogens is 257 g/mol. The van der Waals surface area contributed by atoms with Crippen molar-refractivity contribution in [3.8, 4) is 5.75 Å². The van der Waals surface area contributed by atoms with Crippen molar-refractivity contribution in [2.45, 2.75) is 19.1 Å². The van der Waals surface area contributed by atoms with Crippen molar-refractivity contribution in [1.82, 2.24) is 4.90 Å². The predicted molar refractivity (Wildman–Crippen MR) is 52.5 cm³/mol. The van der Waals surface area contributed by atoms with Crippen molar-refractivity contribution in [3.05, 3.63) is 29.1 Å². The van der Waals surface area contributed by atoms with Crippen LogP contribution in [0.15, 0.2) is 0 Å². The molecule has 0 amide bonds. The van der Waals surface area contributed by atoms with Crippen LogP contribution in [-0.4, -0.2) is 24.7 Å². The third kappa shape index (κ3) is 2.03. The van der Waals surface area contributed by atoms with Crippen molar-refractivity contribution in [3.63, 3.8) is 0 Å². The Bertz CT molecular complexity index is 450. The van der Waals surface area contributed by atoms with Gasteiger partial charge in [0.1, 0.15) is 0 Å². The number of halogens is 5. The first kappa shape index (κ1) is 13.1. The molecular formula is C11H10F5NO. The molecule has 1 aliphatic rings. The van der Waals surface area contributed by atoms with Gasteiger partial charge >= 0.3 is 0 Å². The highest BCUT2D eigenvalue weighted by atomic mass is 19.2. The smallest absolute Gasteiger partial charge is 0.207 e. The molecule has 0 bridgehead atoms. The molecule has 1 unspecified atom stereocenters. The van der Waals surface area contributed by atoms with Crippen LogP contribution >= 0.6 is 0 Å². The van der Waals surface area contributed by atoms with Gasteiger partial charge in [0.25, 0.3) is 0 Å². The lowest BCUT2D eigenvalue weighted by Crippen LogP contribution is -2.31. The van der Waals surface area contributed by atoms with Crippen molar-refractivity contribution < 1.29 is 26.7 Å². The second-order valence-electron chi connectivity index (χ2n) is 4.09. The van der Waals surface area contributed by atoms with E-state index in [0.29, 0.717) is 13.0 Å². The van der Waals surface area contributed by atoms with E-state index in [0.717, 1.165) is 6.42 Å². The zero-order chi connectivity index (χ0) is 13.4. The van der Waals surface area contributed by atoms with Crippen LogP contribution in [0, 0.1) is 29.1 Å². The molecule has 0 aromatic heterocycles. The van der Waals surface area contributed by atoms with E-state index >= 15 is 0 Å². The molecule has 1 aliphatic heterocycles. The van der Waals surface area contributed by atoms with Gasteiger partial charge in [-0.3, -0.25) is 4.90 Å². The van der Waals surface area contributed by atoms with E-state index in [-0.39, 0.29) is 0 Å². The summed E-state index contributed by atoms with van der Waals surface area (Å²) in [4.78, 5) is 1.64. The first-order valence-corrected chi connectivity index (χ1v) is 5.31. The van der Waals surface area contributed by atoms with Crippen LogP contribution in [-0.2, 0) is 0 Å². The SMILES string of the molecule is CN1CCCC1Oc1c(F)c(F)c(F)c(F)c1F. The summed E-state index contributed by atoms with van der Waals surface area (Å²) in [5.41, 5.74) is 0. The lowest BCUT2D eigenvalue weighted by molar-refractivity contribution is 0.0700. The van der Waals surface area contributed by atoms with E-state index in [9.17, 15) is 22.0 Å². The lowest BCUT2D eigenvalue weighted by atomic mass is 10.2. The summed E-state index contributed by atoms with van der Waals surface area (Å²) in [7, 11) is 1.64. The maximum Gasteiger partial charge on any atom is 0.207 e. The van der Waals surface area contributed by atoms with Crippen LogP contribution in [0.25, 0.3) is 0 Å². The number of benzene rings is 1. The molecule has 1 saturated heterocycles. The average molecular weight is 267 g/mol. The molecule has 2 rings (SSSR count). The van der Waals surface area contributed by atoms with Crippen LogP contribution in [0.5, 0.6) is 5.75 Å². The van der Waals surface area contributed by atoms with Gasteiger partial charge in [-0.1, -0.05) is 0 Å². The molecule has 0 spiro atoms. The number of hydrogen-bond donors (Lipinski definition) is 0. The Morgan fingerprint density at radius 2 is 1.44 bits per heavy atom. The fourth-order valence-electron chi connectivity index (χ4n) is 1.85. The highest BCUT2D eigenvalue weighted by Gasteiger charge is 2.31. The fraction of sp³-hybridized carbons (Fsp3) is 0.455. The summed E-state index contributed by atoms with van der Waals surface area (Å²) in [6.07, 6.45) is 0.519. The first-order chi connectivity index (χ1) is 8.43. The van der Waals surface area contributed by atoms with E-state index in [4.69, 9.17) is 4.74 Å². The van der Waals surface area contributed by atoms with E-state index in [2.05, 4.69) is 0 Å². The van der Waals surface area contributed by atoms with Crippen LogP contribution in [0.3, 0.4) is 0 Å². The predicted octanol–water partition coefficient (Wildman–Crippen LogP) is 2.81. The lowest BCUT2D eigenvalue weighted by Gasteiger charge is -2.21. The highest BCUT2D eigenvalue weighted by molar-refractivity contribution is 5.30. The molecule has 7 heteroatoms. The Labute approximate surface area is 100.0 Å². The van der Waals surface area contributed by atoms with Crippen molar-refractivity contribution in [1.29, 1.82) is 0 Å². The Morgan fingerprint density at radius 1 is 0.944 bits per heavy atom. The van der Waals surface area contributed by atoms with E-state index in [1.165, 1.54) is 0 Å². The molecule has 18 heavy (non-hydrogen) atoms. The van der Waals surface area contributed by atoms with Crippen LogP contribution < -0.4 is 4.74 Å². The first-order valence-electron chi connectivity index (χ1n) is 5.31. The third-order valence-electron chi connectivity index (χ3n) is 2.88. The van der Waals surface area contributed by atoms with Crippen LogP contribution in [0.4, 0.5) is 22.0 Å². The quantitative estimate of drug-likeness (QED) is 0.464. The molecule has 0 N–H and O–H groups in total. The van der Waals surface area contributed by atoms with Gasteiger partial charge in [0, 0.05) is 6.54 Å². The number of ether oxygens (including phenoxy) is 1. The number of likely N-dealkylation sites (tertiary alicyclic amines) is 1. The van der Waals surface area contributed by atoms with Crippen molar-refractivity contribution >= 4 is 0 Å². The molecule has 1 heterocycles. The average Bonchev–Trinajstić information content (AvgIpc) is 2.75. The minimum absolute atomic E-state index is 0.468. The summed E-state index contributed by atoms with van der Waals surface area (Å²) < 4.78 is 70.2. The highest BCUT2D eigenvalue weighted by Crippen LogP contribution is 2.31. The van der Waals surface area contributed by atoms with Gasteiger partial charge in [0.2, 0.25) is 29.1 Å². The topological polar surface area (TPSA) is 12.5 Å². The van der Waals surface area contributed by atoms with Gasteiger partial charge in [-0.05, 0) is 19.9 Å². The summed E-state index contributed by atoms with van der Waals surface area (Å²) in [6, 6.07) is 0. The Balaban J connectivity index is 2.38. The molecule has 100 valence electrons. The third-order valence-corrected chi connectivity index (χ3v) is 2.88. The molecule has 1 aromatic carbocycles. The number of rotatable bonds is 2. The fourth-order valence-corrected chi connectivity index (χ4v) is 1.85. The van der Waals surface area contributed by atoms with Gasteiger partial charge in [0.15, 0.2) is 12.0 Å². The van der Waals surface area contributed by atoms with Gasteiger partial charge < -0.3 is 4.74 Å². The minimum Gasteiger partial charge on any atom is -0.469 e. The molecule has 1 aromatic rings.